The van der Waals surface area contributed by atoms with E-state index in [-0.39, 0.29) is 5.56 Å². The van der Waals surface area contributed by atoms with Crippen LogP contribution in [0.4, 0.5) is 0 Å². The molecule has 134 valence electrons. The lowest BCUT2D eigenvalue weighted by molar-refractivity contribution is 1.02. The van der Waals surface area contributed by atoms with Crippen LogP contribution < -0.4 is 5.56 Å². The van der Waals surface area contributed by atoms with Crippen LogP contribution in [0.5, 0.6) is 0 Å². The summed E-state index contributed by atoms with van der Waals surface area (Å²) in [4.78, 5) is 18.1. The zero-order valence-electron chi connectivity index (χ0n) is 14.8. The minimum atomic E-state index is -0.0471. The fourth-order valence-electron chi connectivity index (χ4n) is 3.60. The minimum Gasteiger partial charge on any atom is -0.274 e. The second-order valence-corrected chi connectivity index (χ2v) is 7.53. The lowest BCUT2D eigenvalue weighted by Crippen LogP contribution is -2.20. The van der Waals surface area contributed by atoms with E-state index in [0.717, 1.165) is 37.7 Å². The first-order valence-corrected chi connectivity index (χ1v) is 9.76. The maximum atomic E-state index is 13.6. The maximum Gasteiger partial charge on any atom is 0.263 e. The summed E-state index contributed by atoms with van der Waals surface area (Å²) in [5.74, 6) is 0. The van der Waals surface area contributed by atoms with Crippen molar-refractivity contribution < 1.29 is 0 Å². The molecule has 0 N–H and O–H groups in total. The molecule has 4 heteroatoms. The van der Waals surface area contributed by atoms with Crippen LogP contribution in [-0.2, 0) is 0 Å². The summed E-state index contributed by atoms with van der Waals surface area (Å²) in [7, 11) is 0. The number of pyridine rings is 2. The Morgan fingerprint density at radius 2 is 1.54 bits per heavy atom. The number of rotatable bonds is 2. The summed E-state index contributed by atoms with van der Waals surface area (Å²) in [5, 5.41) is 2.62. The zero-order chi connectivity index (χ0) is 19.1. The highest BCUT2D eigenvalue weighted by Crippen LogP contribution is 2.28. The molecule has 2 heterocycles. The summed E-state index contributed by atoms with van der Waals surface area (Å²) in [6, 6.07) is 27.6. The molecule has 2 aromatic heterocycles. The van der Waals surface area contributed by atoms with Crippen molar-refractivity contribution in [2.75, 3.05) is 0 Å². The summed E-state index contributed by atoms with van der Waals surface area (Å²) < 4.78 is 2.78. The fraction of sp³-hybridized carbons (Fsp3) is 0. The highest BCUT2D eigenvalue weighted by atomic mass is 79.9. The monoisotopic (exact) mass is 426 g/mol. The van der Waals surface area contributed by atoms with Crippen molar-refractivity contribution in [3.05, 3.63) is 106 Å². The van der Waals surface area contributed by atoms with Crippen molar-refractivity contribution in [3.8, 4) is 16.9 Å². The van der Waals surface area contributed by atoms with Gasteiger partial charge in [-0.1, -0.05) is 64.5 Å². The van der Waals surface area contributed by atoms with Crippen molar-refractivity contribution in [1.82, 2.24) is 9.55 Å². The van der Waals surface area contributed by atoms with Gasteiger partial charge in [-0.25, -0.2) is 0 Å². The average molecular weight is 427 g/mol. The quantitative estimate of drug-likeness (QED) is 0.348. The number of para-hydroxylation sites is 1. The second-order valence-electron chi connectivity index (χ2n) is 6.62. The van der Waals surface area contributed by atoms with Crippen molar-refractivity contribution in [3.63, 3.8) is 0 Å². The van der Waals surface area contributed by atoms with E-state index in [0.29, 0.717) is 5.39 Å². The third-order valence-electron chi connectivity index (χ3n) is 4.92. The Hall–Kier alpha value is -3.24. The molecule has 3 nitrogen and oxygen atoms in total. The van der Waals surface area contributed by atoms with Gasteiger partial charge in [0, 0.05) is 21.4 Å². The van der Waals surface area contributed by atoms with Crippen LogP contribution in [0.3, 0.4) is 0 Å². The average Bonchev–Trinajstić information content (AvgIpc) is 2.74. The molecule has 0 fully saturated rings. The molecule has 0 spiro atoms. The topological polar surface area (TPSA) is 34.9 Å². The Bertz CT molecular complexity index is 1380. The molecule has 0 unspecified atom stereocenters. The van der Waals surface area contributed by atoms with E-state index < -0.39 is 0 Å². The van der Waals surface area contributed by atoms with Crippen LogP contribution in [0.15, 0.2) is 100 Å². The Morgan fingerprint density at radius 3 is 2.39 bits per heavy atom. The first-order chi connectivity index (χ1) is 13.7. The Labute approximate surface area is 170 Å². The Kier molecular flexibility index (Phi) is 4.06. The number of hydrogen-bond acceptors (Lipinski definition) is 2. The van der Waals surface area contributed by atoms with Gasteiger partial charge in [0.05, 0.1) is 16.9 Å². The second kappa shape index (κ2) is 6.73. The predicted molar refractivity (Wildman–Crippen MR) is 118 cm³/mol. The fourth-order valence-corrected chi connectivity index (χ4v) is 3.86. The van der Waals surface area contributed by atoms with Crippen molar-refractivity contribution in [2.24, 2.45) is 0 Å². The molecule has 0 aliphatic rings. The molecule has 0 radical (unpaired) electrons. The number of halogens is 1. The van der Waals surface area contributed by atoms with E-state index in [2.05, 4.69) is 27.0 Å². The first kappa shape index (κ1) is 16.9. The molecule has 0 aliphatic carbocycles. The molecule has 5 aromatic rings. The number of hydrogen-bond donors (Lipinski definition) is 0. The van der Waals surface area contributed by atoms with Crippen LogP contribution in [-0.4, -0.2) is 9.55 Å². The highest BCUT2D eigenvalue weighted by molar-refractivity contribution is 9.10. The first-order valence-electron chi connectivity index (χ1n) is 8.97. The van der Waals surface area contributed by atoms with E-state index in [9.17, 15) is 4.79 Å². The molecule has 0 saturated heterocycles. The molecule has 0 bridgehead atoms. The van der Waals surface area contributed by atoms with Crippen LogP contribution in [0.25, 0.3) is 38.6 Å². The van der Waals surface area contributed by atoms with Gasteiger partial charge in [-0.05, 0) is 47.3 Å². The van der Waals surface area contributed by atoms with Crippen molar-refractivity contribution in [2.45, 2.75) is 0 Å². The number of aromatic nitrogens is 2. The summed E-state index contributed by atoms with van der Waals surface area (Å²) in [6.45, 7) is 0. The van der Waals surface area contributed by atoms with E-state index >= 15 is 0 Å². The van der Waals surface area contributed by atoms with Gasteiger partial charge in [-0.3, -0.25) is 14.3 Å². The lowest BCUT2D eigenvalue weighted by atomic mass is 10.1. The van der Waals surface area contributed by atoms with Gasteiger partial charge in [-0.15, -0.1) is 0 Å². The molecule has 3 aromatic carbocycles. The maximum absolute atomic E-state index is 13.6. The SMILES string of the molecule is O=c1c2ccccc2cc(-c2ccc(Br)cc2)n1-c1cccc2cccnc12. The van der Waals surface area contributed by atoms with Crippen LogP contribution in [0, 0.1) is 0 Å². The number of nitrogens with zero attached hydrogens (tertiary/aromatic N) is 2. The summed E-state index contributed by atoms with van der Waals surface area (Å²) >= 11 is 3.49. The van der Waals surface area contributed by atoms with Gasteiger partial charge in [0.2, 0.25) is 0 Å². The largest absolute Gasteiger partial charge is 0.274 e. The van der Waals surface area contributed by atoms with Gasteiger partial charge in [-0.2, -0.15) is 0 Å². The molecular weight excluding hydrogens is 412 g/mol. The van der Waals surface area contributed by atoms with E-state index in [1.165, 1.54) is 0 Å². The van der Waals surface area contributed by atoms with Crippen molar-refractivity contribution >= 4 is 37.6 Å². The Morgan fingerprint density at radius 1 is 0.786 bits per heavy atom. The molecular formula is C24H15BrN2O. The number of benzene rings is 3. The molecule has 5 rings (SSSR count). The molecule has 0 atom stereocenters. The minimum absolute atomic E-state index is 0.0471. The number of fused-ring (bicyclic) bond motifs is 2. The van der Waals surface area contributed by atoms with E-state index in [4.69, 9.17) is 0 Å². The van der Waals surface area contributed by atoms with Gasteiger partial charge in [0.15, 0.2) is 0 Å². The van der Waals surface area contributed by atoms with Gasteiger partial charge < -0.3 is 0 Å². The molecule has 28 heavy (non-hydrogen) atoms. The standard InChI is InChI=1S/C24H15BrN2O/c25-19-12-10-16(11-13-19)22-15-18-5-1-2-8-20(18)24(28)27(22)21-9-3-6-17-7-4-14-26-23(17)21/h1-15H. The molecule has 0 saturated carbocycles. The van der Waals surface area contributed by atoms with Gasteiger partial charge in [0.1, 0.15) is 0 Å². The third-order valence-corrected chi connectivity index (χ3v) is 5.45. The van der Waals surface area contributed by atoms with Crippen LogP contribution >= 0.6 is 15.9 Å². The third kappa shape index (κ3) is 2.74. The summed E-state index contributed by atoms with van der Waals surface area (Å²) in [5.41, 5.74) is 3.36. The molecule has 0 amide bonds. The van der Waals surface area contributed by atoms with Crippen LogP contribution in [0.2, 0.25) is 0 Å². The highest BCUT2D eigenvalue weighted by Gasteiger charge is 2.15. The Balaban J connectivity index is 1.94. The zero-order valence-corrected chi connectivity index (χ0v) is 16.4. The normalized spacial score (nSPS) is 11.2. The summed E-state index contributed by atoms with van der Waals surface area (Å²) in [6.07, 6.45) is 1.76. The van der Waals surface area contributed by atoms with Gasteiger partial charge in [0.25, 0.3) is 5.56 Å². The smallest absolute Gasteiger partial charge is 0.263 e. The van der Waals surface area contributed by atoms with Crippen molar-refractivity contribution in [1.29, 1.82) is 0 Å². The van der Waals surface area contributed by atoms with E-state index in [1.807, 2.05) is 78.9 Å². The van der Waals surface area contributed by atoms with Crippen LogP contribution in [0.1, 0.15) is 0 Å². The predicted octanol–water partition coefficient (Wildman–Crippen LogP) is 5.97. The van der Waals surface area contributed by atoms with E-state index in [1.54, 1.807) is 10.8 Å². The molecule has 0 aliphatic heterocycles. The lowest BCUT2D eigenvalue weighted by Gasteiger charge is -2.16. The van der Waals surface area contributed by atoms with Gasteiger partial charge >= 0.3 is 0 Å².